The number of likely N-dealkylation sites (tertiary alicyclic amines) is 1. The zero-order chi connectivity index (χ0) is 9.97. The molecule has 0 spiro atoms. The first-order chi connectivity index (χ1) is 6.74. The van der Waals surface area contributed by atoms with E-state index >= 15 is 0 Å². The quantitative estimate of drug-likeness (QED) is 0.801. The van der Waals surface area contributed by atoms with Gasteiger partial charge in [0.05, 0.1) is 0 Å². The van der Waals surface area contributed by atoms with Crippen LogP contribution >= 0.6 is 11.6 Å². The molecule has 0 unspecified atom stereocenters. The standard InChI is InChI=1S/C9H13ClN4/c1-14-5-4-7(6-14)11-9-3-2-8(10)12-13-9/h2-3,7H,4-6H2,1H3,(H,11,13)/t7-/m0/s1. The fourth-order valence-corrected chi connectivity index (χ4v) is 1.76. The van der Waals surface area contributed by atoms with Gasteiger partial charge in [-0.15, -0.1) is 10.2 Å². The van der Waals surface area contributed by atoms with Crippen LogP contribution in [0, 0.1) is 0 Å². The molecule has 14 heavy (non-hydrogen) atoms. The molecule has 0 bridgehead atoms. The highest BCUT2D eigenvalue weighted by Gasteiger charge is 2.19. The van der Waals surface area contributed by atoms with Gasteiger partial charge in [-0.3, -0.25) is 0 Å². The van der Waals surface area contributed by atoms with Crippen molar-refractivity contribution in [2.24, 2.45) is 0 Å². The van der Waals surface area contributed by atoms with E-state index in [1.165, 1.54) is 0 Å². The Morgan fingerprint density at radius 3 is 2.93 bits per heavy atom. The van der Waals surface area contributed by atoms with E-state index in [4.69, 9.17) is 11.6 Å². The van der Waals surface area contributed by atoms with Gasteiger partial charge in [0, 0.05) is 12.6 Å². The molecule has 1 aromatic heterocycles. The van der Waals surface area contributed by atoms with E-state index in [0.29, 0.717) is 11.2 Å². The molecule has 0 radical (unpaired) electrons. The summed E-state index contributed by atoms with van der Waals surface area (Å²) in [6, 6.07) is 4.08. The minimum absolute atomic E-state index is 0.430. The number of nitrogens with one attached hydrogen (secondary N) is 1. The summed E-state index contributed by atoms with van der Waals surface area (Å²) in [7, 11) is 2.12. The van der Waals surface area contributed by atoms with Crippen LogP contribution in [-0.2, 0) is 0 Å². The highest BCUT2D eigenvalue weighted by molar-refractivity contribution is 6.29. The summed E-state index contributed by atoms with van der Waals surface area (Å²) >= 11 is 5.64. The third kappa shape index (κ3) is 2.33. The maximum absolute atomic E-state index is 5.64. The third-order valence-electron chi connectivity index (χ3n) is 2.38. The second-order valence-electron chi connectivity index (χ2n) is 3.63. The Labute approximate surface area is 88.3 Å². The minimum Gasteiger partial charge on any atom is -0.365 e. The van der Waals surface area contributed by atoms with Crippen molar-refractivity contribution in [1.82, 2.24) is 15.1 Å². The van der Waals surface area contributed by atoms with Gasteiger partial charge in [-0.25, -0.2) is 0 Å². The van der Waals surface area contributed by atoms with Crippen LogP contribution in [0.15, 0.2) is 12.1 Å². The van der Waals surface area contributed by atoms with E-state index in [9.17, 15) is 0 Å². The molecular weight excluding hydrogens is 200 g/mol. The number of likely N-dealkylation sites (N-methyl/N-ethyl adjacent to an activating group) is 1. The zero-order valence-electron chi connectivity index (χ0n) is 8.07. The lowest BCUT2D eigenvalue weighted by Crippen LogP contribution is -2.24. The Morgan fingerprint density at radius 2 is 2.36 bits per heavy atom. The normalized spacial score (nSPS) is 22.6. The highest BCUT2D eigenvalue weighted by Crippen LogP contribution is 2.13. The maximum atomic E-state index is 5.64. The monoisotopic (exact) mass is 212 g/mol. The van der Waals surface area contributed by atoms with E-state index in [0.717, 1.165) is 25.3 Å². The molecule has 1 N–H and O–H groups in total. The van der Waals surface area contributed by atoms with Crippen LogP contribution in [0.5, 0.6) is 0 Å². The molecule has 76 valence electrons. The summed E-state index contributed by atoms with van der Waals surface area (Å²) in [5.74, 6) is 0.801. The molecule has 2 heterocycles. The first-order valence-electron chi connectivity index (χ1n) is 4.68. The Bertz CT molecular complexity index is 300. The van der Waals surface area contributed by atoms with E-state index in [1.807, 2.05) is 6.07 Å². The topological polar surface area (TPSA) is 41.0 Å². The first kappa shape index (κ1) is 9.68. The number of anilines is 1. The van der Waals surface area contributed by atoms with Crippen LogP contribution < -0.4 is 5.32 Å². The summed E-state index contributed by atoms with van der Waals surface area (Å²) in [6.45, 7) is 2.20. The Balaban J connectivity index is 1.94. The van der Waals surface area contributed by atoms with Gasteiger partial charge in [-0.2, -0.15) is 0 Å². The number of aromatic nitrogens is 2. The highest BCUT2D eigenvalue weighted by atomic mass is 35.5. The number of nitrogens with zero attached hydrogens (tertiary/aromatic N) is 3. The maximum Gasteiger partial charge on any atom is 0.151 e. The molecule has 1 atom stereocenters. The fraction of sp³-hybridized carbons (Fsp3) is 0.556. The van der Waals surface area contributed by atoms with Gasteiger partial charge in [0.1, 0.15) is 5.82 Å². The predicted molar refractivity (Wildman–Crippen MR) is 56.6 cm³/mol. The number of rotatable bonds is 2. The first-order valence-corrected chi connectivity index (χ1v) is 5.06. The van der Waals surface area contributed by atoms with Gasteiger partial charge in [0.2, 0.25) is 0 Å². The molecule has 0 amide bonds. The molecule has 1 aliphatic rings. The van der Waals surface area contributed by atoms with E-state index in [-0.39, 0.29) is 0 Å². The largest absolute Gasteiger partial charge is 0.365 e. The van der Waals surface area contributed by atoms with Crippen molar-refractivity contribution in [3.8, 4) is 0 Å². The van der Waals surface area contributed by atoms with Gasteiger partial charge in [-0.1, -0.05) is 11.6 Å². The van der Waals surface area contributed by atoms with E-state index < -0.39 is 0 Å². The van der Waals surface area contributed by atoms with Crippen molar-refractivity contribution in [2.75, 3.05) is 25.5 Å². The van der Waals surface area contributed by atoms with Crippen molar-refractivity contribution < 1.29 is 0 Å². The van der Waals surface area contributed by atoms with E-state index in [1.54, 1.807) is 6.07 Å². The zero-order valence-corrected chi connectivity index (χ0v) is 8.83. The lowest BCUT2D eigenvalue weighted by atomic mass is 10.2. The molecule has 1 saturated heterocycles. The molecule has 2 rings (SSSR count). The van der Waals surface area contributed by atoms with Crippen molar-refractivity contribution in [3.05, 3.63) is 17.3 Å². The lowest BCUT2D eigenvalue weighted by molar-refractivity contribution is 0.414. The van der Waals surface area contributed by atoms with E-state index in [2.05, 4.69) is 27.5 Å². The number of halogens is 1. The van der Waals surface area contributed by atoms with Gasteiger partial charge < -0.3 is 10.2 Å². The average Bonchev–Trinajstić information content (AvgIpc) is 2.56. The van der Waals surface area contributed by atoms with Gasteiger partial charge in [-0.05, 0) is 32.1 Å². The van der Waals surface area contributed by atoms with Gasteiger partial charge in [0.25, 0.3) is 0 Å². The average molecular weight is 213 g/mol. The van der Waals surface area contributed by atoms with Crippen molar-refractivity contribution in [3.63, 3.8) is 0 Å². The number of hydrogen-bond acceptors (Lipinski definition) is 4. The fourth-order valence-electron chi connectivity index (χ4n) is 1.65. The molecule has 0 saturated carbocycles. The molecule has 1 fully saturated rings. The summed E-state index contributed by atoms with van der Waals surface area (Å²) in [6.07, 6.45) is 1.15. The Hall–Kier alpha value is -0.870. The smallest absolute Gasteiger partial charge is 0.151 e. The van der Waals surface area contributed by atoms with Gasteiger partial charge in [0.15, 0.2) is 5.15 Å². The van der Waals surface area contributed by atoms with Crippen LogP contribution in [0.2, 0.25) is 5.15 Å². The van der Waals surface area contributed by atoms with Crippen molar-refractivity contribution >= 4 is 17.4 Å². The number of hydrogen-bond donors (Lipinski definition) is 1. The molecule has 1 aliphatic heterocycles. The molecule has 5 heteroatoms. The molecule has 0 aliphatic carbocycles. The summed E-state index contributed by atoms with van der Waals surface area (Å²) in [5.41, 5.74) is 0. The second kappa shape index (κ2) is 4.11. The minimum atomic E-state index is 0.430. The molecule has 4 nitrogen and oxygen atoms in total. The predicted octanol–water partition coefficient (Wildman–Crippen LogP) is 1.25. The third-order valence-corrected chi connectivity index (χ3v) is 2.58. The van der Waals surface area contributed by atoms with Crippen LogP contribution in [0.4, 0.5) is 5.82 Å². The summed E-state index contributed by atoms with van der Waals surface area (Å²) in [5, 5.41) is 11.5. The SMILES string of the molecule is CN1CC[C@H](Nc2ccc(Cl)nn2)C1. The van der Waals surface area contributed by atoms with Crippen LogP contribution in [0.25, 0.3) is 0 Å². The van der Waals surface area contributed by atoms with Gasteiger partial charge >= 0.3 is 0 Å². The Kier molecular flexibility index (Phi) is 2.84. The summed E-state index contributed by atoms with van der Waals surface area (Å²) in [4.78, 5) is 2.29. The van der Waals surface area contributed by atoms with Crippen molar-refractivity contribution in [1.29, 1.82) is 0 Å². The van der Waals surface area contributed by atoms with Crippen LogP contribution in [0.1, 0.15) is 6.42 Å². The Morgan fingerprint density at radius 1 is 1.50 bits per heavy atom. The molecule has 1 aromatic rings. The van der Waals surface area contributed by atoms with Crippen LogP contribution in [0.3, 0.4) is 0 Å². The summed E-state index contributed by atoms with van der Waals surface area (Å²) < 4.78 is 0. The molecule has 0 aromatic carbocycles. The van der Waals surface area contributed by atoms with Crippen molar-refractivity contribution in [2.45, 2.75) is 12.5 Å². The second-order valence-corrected chi connectivity index (χ2v) is 4.02. The lowest BCUT2D eigenvalue weighted by Gasteiger charge is -2.12. The van der Waals surface area contributed by atoms with Crippen LogP contribution in [-0.4, -0.2) is 41.3 Å². The molecular formula is C9H13ClN4.